The molecule has 3 aromatic heterocycles. The van der Waals surface area contributed by atoms with Gasteiger partial charge in [0.2, 0.25) is 5.91 Å². The summed E-state index contributed by atoms with van der Waals surface area (Å²) in [4.78, 5) is 45.2. The Morgan fingerprint density at radius 3 is 2.56 bits per heavy atom. The summed E-state index contributed by atoms with van der Waals surface area (Å²) in [6, 6.07) is 10.7. The van der Waals surface area contributed by atoms with E-state index in [1.165, 1.54) is 32.6 Å². The zero-order valence-corrected chi connectivity index (χ0v) is 20.1. The second kappa shape index (κ2) is 9.27. The highest BCUT2D eigenvalue weighted by Gasteiger charge is 2.17. The highest BCUT2D eigenvalue weighted by Crippen LogP contribution is 2.34. The first-order valence-electron chi connectivity index (χ1n) is 9.61. The first-order chi connectivity index (χ1) is 15.3. The lowest BCUT2D eigenvalue weighted by Crippen LogP contribution is -2.22. The lowest BCUT2D eigenvalue weighted by atomic mass is 10.2. The normalized spacial score (nSPS) is 11.0. The number of amides is 2. The predicted molar refractivity (Wildman–Crippen MR) is 132 cm³/mol. The van der Waals surface area contributed by atoms with Crippen molar-refractivity contribution in [2.24, 2.45) is 7.05 Å². The Labute approximate surface area is 196 Å². The van der Waals surface area contributed by atoms with Crippen molar-refractivity contribution in [1.82, 2.24) is 14.5 Å². The van der Waals surface area contributed by atoms with Crippen molar-refractivity contribution in [2.75, 3.05) is 25.2 Å². The highest BCUT2D eigenvalue weighted by atomic mass is 32.2. The molecular weight excluding hydrogens is 464 g/mol. The summed E-state index contributed by atoms with van der Waals surface area (Å²) in [6.07, 6.45) is 0. The van der Waals surface area contributed by atoms with E-state index in [0.29, 0.717) is 26.6 Å². The van der Waals surface area contributed by atoms with Crippen LogP contribution in [0.2, 0.25) is 0 Å². The number of fused-ring (bicyclic) bond motifs is 1. The van der Waals surface area contributed by atoms with Crippen molar-refractivity contribution in [3.8, 4) is 10.4 Å². The van der Waals surface area contributed by atoms with E-state index in [4.69, 9.17) is 0 Å². The SMILES string of the molecule is CN(C)C(=O)c1ccc(NC(=O)CSc2nc3scc(-c4cccs4)c3c(=O)n2C)cc1. The minimum absolute atomic E-state index is 0.100. The summed E-state index contributed by atoms with van der Waals surface area (Å²) < 4.78 is 1.49. The van der Waals surface area contributed by atoms with Gasteiger partial charge >= 0.3 is 0 Å². The number of benzene rings is 1. The van der Waals surface area contributed by atoms with E-state index in [1.807, 2.05) is 22.9 Å². The number of nitrogens with one attached hydrogen (secondary N) is 1. The molecule has 2 amide bonds. The lowest BCUT2D eigenvalue weighted by molar-refractivity contribution is -0.113. The van der Waals surface area contributed by atoms with Crippen LogP contribution in [0.25, 0.3) is 20.7 Å². The minimum Gasteiger partial charge on any atom is -0.345 e. The number of rotatable bonds is 6. The van der Waals surface area contributed by atoms with E-state index in [-0.39, 0.29) is 23.1 Å². The Hall–Kier alpha value is -2.95. The van der Waals surface area contributed by atoms with Crippen molar-refractivity contribution in [3.63, 3.8) is 0 Å². The Balaban J connectivity index is 1.46. The van der Waals surface area contributed by atoms with Crippen LogP contribution in [-0.4, -0.2) is 46.1 Å². The fraction of sp³-hybridized carbons (Fsp3) is 0.182. The number of thioether (sulfide) groups is 1. The number of nitrogens with zero attached hydrogens (tertiary/aromatic N) is 3. The number of thiophene rings is 2. The van der Waals surface area contributed by atoms with Crippen LogP contribution in [0.1, 0.15) is 10.4 Å². The summed E-state index contributed by atoms with van der Waals surface area (Å²) in [7, 11) is 5.05. The van der Waals surface area contributed by atoms with Gasteiger partial charge in [-0.2, -0.15) is 0 Å². The molecule has 0 saturated heterocycles. The third kappa shape index (κ3) is 4.47. The molecule has 1 aromatic carbocycles. The second-order valence-corrected chi connectivity index (χ2v) is 9.93. The number of hydrogen-bond acceptors (Lipinski definition) is 7. The van der Waals surface area contributed by atoms with Gasteiger partial charge in [0.1, 0.15) is 4.83 Å². The fourth-order valence-electron chi connectivity index (χ4n) is 3.08. The molecule has 10 heteroatoms. The van der Waals surface area contributed by atoms with Gasteiger partial charge in [-0.05, 0) is 35.7 Å². The molecule has 0 saturated carbocycles. The van der Waals surface area contributed by atoms with Gasteiger partial charge in [0.15, 0.2) is 5.16 Å². The molecule has 164 valence electrons. The monoisotopic (exact) mass is 484 g/mol. The zero-order chi connectivity index (χ0) is 22.8. The first kappa shape index (κ1) is 22.3. The van der Waals surface area contributed by atoms with E-state index in [9.17, 15) is 14.4 Å². The topological polar surface area (TPSA) is 84.3 Å². The average molecular weight is 485 g/mol. The van der Waals surface area contributed by atoms with E-state index in [1.54, 1.807) is 56.7 Å². The van der Waals surface area contributed by atoms with Crippen molar-refractivity contribution in [2.45, 2.75) is 5.16 Å². The van der Waals surface area contributed by atoms with Gasteiger partial charge in [-0.1, -0.05) is 17.8 Å². The molecule has 0 unspecified atom stereocenters. The van der Waals surface area contributed by atoms with E-state index >= 15 is 0 Å². The van der Waals surface area contributed by atoms with Crippen LogP contribution in [0.4, 0.5) is 5.69 Å². The summed E-state index contributed by atoms with van der Waals surface area (Å²) in [5.74, 6) is -0.217. The van der Waals surface area contributed by atoms with E-state index < -0.39 is 0 Å². The van der Waals surface area contributed by atoms with Crippen LogP contribution >= 0.6 is 34.4 Å². The Morgan fingerprint density at radius 2 is 1.91 bits per heavy atom. The largest absolute Gasteiger partial charge is 0.345 e. The molecule has 0 atom stereocenters. The van der Waals surface area contributed by atoms with Crippen LogP contribution in [0.15, 0.2) is 57.1 Å². The van der Waals surface area contributed by atoms with Crippen molar-refractivity contribution in [1.29, 1.82) is 0 Å². The van der Waals surface area contributed by atoms with Gasteiger partial charge in [-0.25, -0.2) is 4.98 Å². The minimum atomic E-state index is -0.221. The molecule has 32 heavy (non-hydrogen) atoms. The standard InChI is InChI=1S/C22H20N4O3S3/c1-25(2)20(28)13-6-8-14(9-7-13)23-17(27)12-32-22-24-19-18(21(29)26(22)3)15(11-31-19)16-5-4-10-30-16/h4-11H,12H2,1-3H3,(H,23,27). The molecule has 0 aliphatic heterocycles. The molecule has 3 heterocycles. The summed E-state index contributed by atoms with van der Waals surface area (Å²) in [5, 5.41) is 7.84. The predicted octanol–water partition coefficient (Wildman–Crippen LogP) is 4.16. The molecule has 4 aromatic rings. The maximum atomic E-state index is 13.0. The zero-order valence-electron chi connectivity index (χ0n) is 17.6. The Kier molecular flexibility index (Phi) is 6.45. The van der Waals surface area contributed by atoms with E-state index in [0.717, 1.165) is 10.4 Å². The third-order valence-electron chi connectivity index (χ3n) is 4.72. The molecule has 0 bridgehead atoms. The number of carbonyl (C=O) groups is 2. The van der Waals surface area contributed by atoms with E-state index in [2.05, 4.69) is 10.3 Å². The van der Waals surface area contributed by atoms with Gasteiger partial charge in [0, 0.05) is 48.2 Å². The van der Waals surface area contributed by atoms with Crippen LogP contribution in [0, 0.1) is 0 Å². The molecule has 0 aliphatic carbocycles. The smallest absolute Gasteiger partial charge is 0.263 e. The lowest BCUT2D eigenvalue weighted by Gasteiger charge is -2.11. The van der Waals surface area contributed by atoms with Crippen LogP contribution in [-0.2, 0) is 11.8 Å². The highest BCUT2D eigenvalue weighted by molar-refractivity contribution is 7.99. The molecule has 1 N–H and O–H groups in total. The fourth-order valence-corrected chi connectivity index (χ4v) is 5.65. The van der Waals surface area contributed by atoms with Gasteiger partial charge in [-0.3, -0.25) is 19.0 Å². The average Bonchev–Trinajstić information content (AvgIpc) is 3.45. The van der Waals surface area contributed by atoms with Crippen molar-refractivity contribution in [3.05, 3.63) is 63.1 Å². The molecular formula is C22H20N4O3S3. The summed E-state index contributed by atoms with van der Waals surface area (Å²) in [6.45, 7) is 0. The molecule has 0 spiro atoms. The molecule has 0 fully saturated rings. The number of anilines is 1. The van der Waals surface area contributed by atoms with Crippen molar-refractivity contribution < 1.29 is 9.59 Å². The quantitative estimate of drug-likeness (QED) is 0.328. The summed E-state index contributed by atoms with van der Waals surface area (Å²) >= 11 is 4.22. The second-order valence-electron chi connectivity index (χ2n) is 7.18. The maximum absolute atomic E-state index is 13.0. The number of aromatic nitrogens is 2. The van der Waals surface area contributed by atoms with Crippen LogP contribution in [0.3, 0.4) is 0 Å². The maximum Gasteiger partial charge on any atom is 0.263 e. The Morgan fingerprint density at radius 1 is 1.16 bits per heavy atom. The third-order valence-corrected chi connectivity index (χ3v) is 7.52. The van der Waals surface area contributed by atoms with Crippen LogP contribution < -0.4 is 10.9 Å². The van der Waals surface area contributed by atoms with Gasteiger partial charge in [-0.15, -0.1) is 22.7 Å². The van der Waals surface area contributed by atoms with Gasteiger partial charge in [0.25, 0.3) is 11.5 Å². The molecule has 0 radical (unpaired) electrons. The molecule has 0 aliphatic rings. The molecule has 7 nitrogen and oxygen atoms in total. The van der Waals surface area contributed by atoms with Crippen LogP contribution in [0.5, 0.6) is 0 Å². The first-order valence-corrected chi connectivity index (χ1v) is 12.4. The number of hydrogen-bond donors (Lipinski definition) is 1. The Bertz CT molecular complexity index is 1340. The van der Waals surface area contributed by atoms with Gasteiger partial charge in [0.05, 0.1) is 11.1 Å². The molecule has 4 rings (SSSR count). The summed E-state index contributed by atoms with van der Waals surface area (Å²) in [5.41, 5.74) is 1.93. The number of carbonyl (C=O) groups excluding carboxylic acids is 2. The van der Waals surface area contributed by atoms with Crippen molar-refractivity contribution >= 4 is 62.2 Å². The van der Waals surface area contributed by atoms with Gasteiger partial charge < -0.3 is 10.2 Å².